The Hall–Kier alpha value is -1.33. The zero-order valence-electron chi connectivity index (χ0n) is 14.5. The number of thioether (sulfide) groups is 1. The molecule has 2 aliphatic heterocycles. The van der Waals surface area contributed by atoms with Gasteiger partial charge in [-0.3, -0.25) is 0 Å². The second kappa shape index (κ2) is 8.36. The van der Waals surface area contributed by atoms with E-state index in [1.807, 2.05) is 28.8 Å². The Morgan fingerprint density at radius 1 is 1.11 bits per heavy atom. The van der Waals surface area contributed by atoms with E-state index >= 15 is 0 Å². The molecule has 2 amide bonds. The Kier molecular flexibility index (Phi) is 5.88. The Labute approximate surface area is 177 Å². The van der Waals surface area contributed by atoms with Crippen LogP contribution < -0.4 is 9.67 Å². The number of carbonyl (C=O) groups excluding carboxylic acids is 2. The standard InChI is InChI=1S/C20H18AsBrN2O2S/c22-15-5-6-16-17(9-15)18(20(26)23-19(16)25)10-21-14-3-1-13(2-4-14)11-24-7-8-27-12-24/h1-6,9-10,21H,7-8,11-12H2,(H,23,25,26)/b18-10-. The summed E-state index contributed by atoms with van der Waals surface area (Å²) in [4.78, 5) is 28.9. The van der Waals surface area contributed by atoms with E-state index in [9.17, 15) is 9.59 Å². The van der Waals surface area contributed by atoms with Gasteiger partial charge < -0.3 is 0 Å². The van der Waals surface area contributed by atoms with E-state index in [4.69, 9.17) is 0 Å². The van der Waals surface area contributed by atoms with Crippen LogP contribution in [0.25, 0.3) is 5.57 Å². The Morgan fingerprint density at radius 3 is 2.67 bits per heavy atom. The number of hydrogen-bond donors (Lipinski definition) is 1. The van der Waals surface area contributed by atoms with Crippen molar-refractivity contribution in [3.63, 3.8) is 0 Å². The molecule has 0 aromatic heterocycles. The van der Waals surface area contributed by atoms with Crippen LogP contribution >= 0.6 is 27.7 Å². The first-order valence-electron chi connectivity index (χ1n) is 8.61. The molecule has 0 saturated carbocycles. The van der Waals surface area contributed by atoms with E-state index in [0.717, 1.165) is 23.4 Å². The summed E-state index contributed by atoms with van der Waals surface area (Å²) in [6.45, 7) is 2.16. The van der Waals surface area contributed by atoms with Crippen molar-refractivity contribution in [2.75, 3.05) is 18.2 Å². The van der Waals surface area contributed by atoms with Gasteiger partial charge in [0.2, 0.25) is 0 Å². The van der Waals surface area contributed by atoms with Crippen LogP contribution in [0.5, 0.6) is 0 Å². The predicted molar refractivity (Wildman–Crippen MR) is 116 cm³/mol. The number of imide groups is 1. The van der Waals surface area contributed by atoms with Crippen LogP contribution in [0.2, 0.25) is 0 Å². The predicted octanol–water partition coefficient (Wildman–Crippen LogP) is 2.33. The molecular formula is C20H18AsBrN2O2S. The fraction of sp³-hybridized carbons (Fsp3) is 0.200. The normalized spacial score (nSPS) is 19.1. The summed E-state index contributed by atoms with van der Waals surface area (Å²) in [5.74, 6) is 1.70. The van der Waals surface area contributed by atoms with Gasteiger partial charge in [0.1, 0.15) is 0 Å². The van der Waals surface area contributed by atoms with Gasteiger partial charge in [-0.05, 0) is 0 Å². The molecule has 0 bridgehead atoms. The van der Waals surface area contributed by atoms with Crippen LogP contribution in [0, 0.1) is 0 Å². The van der Waals surface area contributed by atoms with Gasteiger partial charge in [-0.25, -0.2) is 0 Å². The van der Waals surface area contributed by atoms with Gasteiger partial charge in [-0.15, -0.1) is 0 Å². The molecule has 2 aromatic carbocycles. The number of hydrogen-bond acceptors (Lipinski definition) is 4. The second-order valence-electron chi connectivity index (χ2n) is 6.46. The van der Waals surface area contributed by atoms with Gasteiger partial charge in [0, 0.05) is 0 Å². The van der Waals surface area contributed by atoms with Crippen LogP contribution in [-0.4, -0.2) is 50.6 Å². The molecule has 27 heavy (non-hydrogen) atoms. The quantitative estimate of drug-likeness (QED) is 0.394. The molecule has 2 aliphatic rings. The van der Waals surface area contributed by atoms with Gasteiger partial charge in [-0.1, -0.05) is 0 Å². The molecule has 0 radical (unpaired) electrons. The molecule has 1 atom stereocenters. The molecule has 7 heteroatoms. The summed E-state index contributed by atoms with van der Waals surface area (Å²) < 4.78 is 2.13. The van der Waals surface area contributed by atoms with Crippen molar-refractivity contribution in [1.29, 1.82) is 0 Å². The number of halogens is 1. The minimum atomic E-state index is -0.624. The monoisotopic (exact) mass is 504 g/mol. The Bertz CT molecular complexity index is 924. The third kappa shape index (κ3) is 4.40. The summed E-state index contributed by atoms with van der Waals surface area (Å²) in [5.41, 5.74) is 3.19. The van der Waals surface area contributed by atoms with Gasteiger partial charge in [0.05, 0.1) is 0 Å². The third-order valence-electron chi connectivity index (χ3n) is 4.56. The van der Waals surface area contributed by atoms with Crippen LogP contribution in [0.15, 0.2) is 51.8 Å². The van der Waals surface area contributed by atoms with Crippen LogP contribution in [-0.2, 0) is 11.3 Å². The number of amides is 2. The summed E-state index contributed by atoms with van der Waals surface area (Å²) in [7, 11) is 0. The first-order valence-corrected chi connectivity index (χ1v) is 12.8. The van der Waals surface area contributed by atoms with Crippen LogP contribution in [0.1, 0.15) is 21.5 Å². The van der Waals surface area contributed by atoms with E-state index in [-0.39, 0.29) is 11.8 Å². The first-order chi connectivity index (χ1) is 13.1. The van der Waals surface area contributed by atoms with Gasteiger partial charge in [0.25, 0.3) is 0 Å². The van der Waals surface area contributed by atoms with E-state index in [2.05, 4.69) is 50.4 Å². The topological polar surface area (TPSA) is 49.4 Å². The number of nitrogens with zero attached hydrogens (tertiary/aromatic N) is 1. The van der Waals surface area contributed by atoms with Crippen LogP contribution in [0.4, 0.5) is 0 Å². The maximum absolute atomic E-state index is 12.3. The Balaban J connectivity index is 1.52. The summed E-state index contributed by atoms with van der Waals surface area (Å²) in [5, 5.41) is 2.44. The molecule has 0 aliphatic carbocycles. The van der Waals surface area contributed by atoms with Crippen molar-refractivity contribution >= 4 is 65.2 Å². The summed E-state index contributed by atoms with van der Waals surface area (Å²) in [6.07, 6.45) is 0. The minimum absolute atomic E-state index is 0.308. The molecule has 0 spiro atoms. The van der Waals surface area contributed by atoms with Gasteiger partial charge in [-0.2, -0.15) is 0 Å². The fourth-order valence-corrected chi connectivity index (χ4v) is 6.50. The van der Waals surface area contributed by atoms with E-state index < -0.39 is 15.8 Å². The van der Waals surface area contributed by atoms with E-state index in [0.29, 0.717) is 16.7 Å². The molecule has 4 nitrogen and oxygen atoms in total. The Morgan fingerprint density at radius 2 is 1.93 bits per heavy atom. The molecule has 1 fully saturated rings. The molecule has 2 heterocycles. The van der Waals surface area contributed by atoms with Crippen molar-refractivity contribution in [1.82, 2.24) is 10.2 Å². The second-order valence-corrected chi connectivity index (χ2v) is 10.9. The molecule has 138 valence electrons. The van der Waals surface area contributed by atoms with Crippen molar-refractivity contribution in [3.8, 4) is 0 Å². The first kappa shape index (κ1) is 19.0. The number of nitrogens with one attached hydrogen (secondary N) is 1. The average Bonchev–Trinajstić information content (AvgIpc) is 3.15. The number of fused-ring (bicyclic) bond motifs is 1. The molecule has 1 unspecified atom stereocenters. The van der Waals surface area contributed by atoms with Gasteiger partial charge in [0.15, 0.2) is 0 Å². The van der Waals surface area contributed by atoms with Gasteiger partial charge >= 0.3 is 178 Å². The molecule has 4 rings (SSSR count). The van der Waals surface area contributed by atoms with Crippen molar-refractivity contribution < 1.29 is 9.59 Å². The molecule has 2 aromatic rings. The molecular weight excluding hydrogens is 487 g/mol. The van der Waals surface area contributed by atoms with Crippen molar-refractivity contribution in [3.05, 3.63) is 68.5 Å². The maximum atomic E-state index is 12.3. The third-order valence-corrected chi connectivity index (χ3v) is 8.38. The number of rotatable bonds is 4. The van der Waals surface area contributed by atoms with Crippen molar-refractivity contribution in [2.45, 2.75) is 6.54 Å². The average molecular weight is 505 g/mol. The zero-order chi connectivity index (χ0) is 18.8. The SMILES string of the molecule is O=C1NC(=O)c2ccc(Br)cc2/C1=C/[AsH]c1ccc(CN2CCSC2)cc1. The van der Waals surface area contributed by atoms with E-state index in [1.165, 1.54) is 15.7 Å². The molecule has 1 N–H and O–H groups in total. The molecule has 1 saturated heterocycles. The summed E-state index contributed by atoms with van der Waals surface area (Å²) in [6, 6.07) is 14.1. The zero-order valence-corrected chi connectivity index (χ0v) is 19.0. The number of benzene rings is 2. The van der Waals surface area contributed by atoms with Crippen molar-refractivity contribution in [2.24, 2.45) is 0 Å². The van der Waals surface area contributed by atoms with E-state index in [1.54, 1.807) is 6.07 Å². The summed E-state index contributed by atoms with van der Waals surface area (Å²) >= 11 is 4.79. The fourth-order valence-electron chi connectivity index (χ4n) is 3.14. The number of carbonyl (C=O) groups is 2. The van der Waals surface area contributed by atoms with Crippen LogP contribution in [0.3, 0.4) is 0 Å².